The maximum absolute atomic E-state index is 13.0. The lowest BCUT2D eigenvalue weighted by Gasteiger charge is -2.37. The van der Waals surface area contributed by atoms with Crippen molar-refractivity contribution in [1.29, 1.82) is 0 Å². The topological polar surface area (TPSA) is 77.1 Å². The van der Waals surface area contributed by atoms with E-state index in [-0.39, 0.29) is 31.0 Å². The molecule has 2 aromatic carbocycles. The molecule has 4 rings (SSSR count). The molecule has 2 atom stereocenters. The van der Waals surface area contributed by atoms with E-state index in [4.69, 9.17) is 9.47 Å². The predicted molar refractivity (Wildman–Crippen MR) is 121 cm³/mol. The van der Waals surface area contributed by atoms with E-state index >= 15 is 0 Å². The minimum Gasteiger partial charge on any atom is -0.492 e. The van der Waals surface area contributed by atoms with Crippen LogP contribution in [0.15, 0.2) is 60.2 Å². The van der Waals surface area contributed by atoms with E-state index in [1.807, 2.05) is 30.3 Å². The first-order valence-electron chi connectivity index (χ1n) is 11.2. The molecule has 7 nitrogen and oxygen atoms in total. The quantitative estimate of drug-likeness (QED) is 0.456. The number of carbonyl (C=O) groups is 2. The van der Waals surface area contributed by atoms with Gasteiger partial charge in [-0.05, 0) is 54.7 Å². The number of hydrogen-bond donors (Lipinski definition) is 1. The van der Waals surface area contributed by atoms with E-state index in [9.17, 15) is 22.8 Å². The maximum Gasteiger partial charge on any atom is 0.573 e. The fourth-order valence-corrected chi connectivity index (χ4v) is 4.66. The minimum absolute atomic E-state index is 0.149. The Kier molecular flexibility index (Phi) is 7.18. The molecule has 186 valence electrons. The summed E-state index contributed by atoms with van der Waals surface area (Å²) in [5.41, 5.74) is 1.61. The first kappa shape index (κ1) is 24.4. The summed E-state index contributed by atoms with van der Waals surface area (Å²) in [4.78, 5) is 27.4. The third kappa shape index (κ3) is 5.70. The van der Waals surface area contributed by atoms with Crippen LogP contribution in [0, 0.1) is 0 Å². The van der Waals surface area contributed by atoms with Crippen LogP contribution in [0.25, 0.3) is 5.57 Å². The Morgan fingerprint density at radius 2 is 1.74 bits per heavy atom. The van der Waals surface area contributed by atoms with Gasteiger partial charge in [0, 0.05) is 6.04 Å². The molecule has 10 heteroatoms. The zero-order chi connectivity index (χ0) is 25.0. The van der Waals surface area contributed by atoms with Crippen LogP contribution in [0.2, 0.25) is 0 Å². The number of amides is 2. The van der Waals surface area contributed by atoms with Gasteiger partial charge in [0.05, 0.1) is 25.3 Å². The SMILES string of the molecule is COC(=O)C1=C(c2ccc(OC(F)(F)F)cc2)C[C@@H]2CC[C@H]1N2C(=O)NCCOc1ccccc1. The van der Waals surface area contributed by atoms with Gasteiger partial charge in [0.2, 0.25) is 0 Å². The summed E-state index contributed by atoms with van der Waals surface area (Å²) >= 11 is 0. The average Bonchev–Trinajstić information content (AvgIpc) is 3.15. The van der Waals surface area contributed by atoms with Crippen LogP contribution >= 0.6 is 0 Å². The average molecular weight is 490 g/mol. The summed E-state index contributed by atoms with van der Waals surface area (Å²) in [6.07, 6.45) is -3.13. The lowest BCUT2D eigenvalue weighted by atomic mass is 9.88. The molecule has 2 aliphatic rings. The second-order valence-electron chi connectivity index (χ2n) is 8.21. The van der Waals surface area contributed by atoms with Crippen LogP contribution in [-0.2, 0) is 9.53 Å². The second-order valence-corrected chi connectivity index (χ2v) is 8.21. The molecule has 1 fully saturated rings. The highest BCUT2D eigenvalue weighted by Gasteiger charge is 2.46. The number of urea groups is 1. The Bertz CT molecular complexity index is 1090. The Morgan fingerprint density at radius 1 is 1.03 bits per heavy atom. The van der Waals surface area contributed by atoms with Crippen molar-refractivity contribution in [2.75, 3.05) is 20.3 Å². The van der Waals surface area contributed by atoms with Gasteiger partial charge in [-0.25, -0.2) is 9.59 Å². The second kappa shape index (κ2) is 10.3. The Hall–Kier alpha value is -3.69. The van der Waals surface area contributed by atoms with Crippen LogP contribution in [0.3, 0.4) is 0 Å². The first-order chi connectivity index (χ1) is 16.8. The van der Waals surface area contributed by atoms with Crippen LogP contribution in [-0.4, -0.2) is 55.6 Å². The molecule has 1 saturated heterocycles. The number of esters is 1. The van der Waals surface area contributed by atoms with Gasteiger partial charge in [-0.2, -0.15) is 0 Å². The molecule has 0 spiro atoms. The van der Waals surface area contributed by atoms with Crippen LogP contribution in [0.1, 0.15) is 24.8 Å². The van der Waals surface area contributed by atoms with Gasteiger partial charge in [-0.3, -0.25) is 0 Å². The van der Waals surface area contributed by atoms with Gasteiger partial charge in [0.15, 0.2) is 0 Å². The van der Waals surface area contributed by atoms with E-state index in [1.54, 1.807) is 4.90 Å². The van der Waals surface area contributed by atoms with Gasteiger partial charge < -0.3 is 24.4 Å². The standard InChI is InChI=1S/C25H25F3N2O5/c1-33-23(31)22-20(16-7-10-19(11-8-16)35-25(26,27)28)15-17-9-12-21(22)30(17)24(32)29-13-14-34-18-5-3-2-4-6-18/h2-8,10-11,17,21H,9,12-15H2,1H3,(H,29,32)/t17-,21+/m0/s1. The van der Waals surface area contributed by atoms with Crippen molar-refractivity contribution < 1.29 is 37.0 Å². The number of methoxy groups -OCH3 is 1. The number of nitrogens with one attached hydrogen (secondary N) is 1. The smallest absolute Gasteiger partial charge is 0.492 e. The molecule has 2 amide bonds. The molecule has 0 aliphatic carbocycles. The van der Waals surface area contributed by atoms with Crippen molar-refractivity contribution in [3.05, 3.63) is 65.7 Å². The van der Waals surface area contributed by atoms with E-state index in [0.29, 0.717) is 41.7 Å². The predicted octanol–water partition coefficient (Wildman–Crippen LogP) is 4.54. The molecule has 0 radical (unpaired) electrons. The largest absolute Gasteiger partial charge is 0.573 e. The molecule has 0 saturated carbocycles. The number of alkyl halides is 3. The summed E-state index contributed by atoms with van der Waals surface area (Å²) in [7, 11) is 1.26. The van der Waals surface area contributed by atoms with Crippen molar-refractivity contribution in [1.82, 2.24) is 10.2 Å². The molecule has 2 aliphatic heterocycles. The molecule has 2 aromatic rings. The van der Waals surface area contributed by atoms with E-state index in [1.165, 1.54) is 31.4 Å². The Morgan fingerprint density at radius 3 is 2.40 bits per heavy atom. The van der Waals surface area contributed by atoms with E-state index < -0.39 is 18.4 Å². The van der Waals surface area contributed by atoms with Gasteiger partial charge in [-0.15, -0.1) is 13.2 Å². The monoisotopic (exact) mass is 490 g/mol. The van der Waals surface area contributed by atoms with Gasteiger partial charge in [0.1, 0.15) is 18.1 Å². The zero-order valence-electron chi connectivity index (χ0n) is 19.0. The summed E-state index contributed by atoms with van der Waals surface area (Å²) in [5, 5.41) is 2.85. The summed E-state index contributed by atoms with van der Waals surface area (Å²) in [5.74, 6) is -0.211. The third-order valence-electron chi connectivity index (χ3n) is 6.07. The normalized spacial score (nSPS) is 19.4. The fourth-order valence-electron chi connectivity index (χ4n) is 4.66. The zero-order valence-corrected chi connectivity index (χ0v) is 19.0. The summed E-state index contributed by atoms with van der Waals surface area (Å²) in [6.45, 7) is 0.574. The first-order valence-corrected chi connectivity index (χ1v) is 11.2. The van der Waals surface area contributed by atoms with Gasteiger partial charge >= 0.3 is 18.4 Å². The number of carbonyl (C=O) groups excluding carboxylic acids is 2. The molecule has 2 heterocycles. The molecule has 0 aromatic heterocycles. The number of rotatable bonds is 7. The molecule has 1 N–H and O–H groups in total. The van der Waals surface area contributed by atoms with Crippen molar-refractivity contribution in [2.24, 2.45) is 0 Å². The molecular formula is C25H25F3N2O5. The lowest BCUT2D eigenvalue weighted by Crippen LogP contribution is -2.51. The number of para-hydroxylation sites is 1. The van der Waals surface area contributed by atoms with E-state index in [2.05, 4.69) is 10.1 Å². The minimum atomic E-state index is -4.79. The molecule has 0 unspecified atom stereocenters. The highest BCUT2D eigenvalue weighted by Crippen LogP contribution is 2.43. The maximum atomic E-state index is 13.0. The summed E-state index contributed by atoms with van der Waals surface area (Å²) < 4.78 is 52.0. The van der Waals surface area contributed by atoms with Crippen molar-refractivity contribution in [2.45, 2.75) is 37.7 Å². The number of hydrogen-bond acceptors (Lipinski definition) is 5. The number of benzene rings is 2. The number of fused-ring (bicyclic) bond motifs is 2. The molecule has 35 heavy (non-hydrogen) atoms. The van der Waals surface area contributed by atoms with Crippen LogP contribution in [0.5, 0.6) is 11.5 Å². The summed E-state index contributed by atoms with van der Waals surface area (Å²) in [6, 6.07) is 13.7. The van der Waals surface area contributed by atoms with Gasteiger partial charge in [0.25, 0.3) is 0 Å². The Labute approximate surface area is 200 Å². The van der Waals surface area contributed by atoms with Crippen molar-refractivity contribution in [3.8, 4) is 11.5 Å². The highest BCUT2D eigenvalue weighted by atomic mass is 19.4. The van der Waals surface area contributed by atoms with Crippen LogP contribution < -0.4 is 14.8 Å². The third-order valence-corrected chi connectivity index (χ3v) is 6.07. The Balaban J connectivity index is 1.48. The molecule has 2 bridgehead atoms. The molecular weight excluding hydrogens is 465 g/mol. The van der Waals surface area contributed by atoms with Crippen LogP contribution in [0.4, 0.5) is 18.0 Å². The lowest BCUT2D eigenvalue weighted by molar-refractivity contribution is -0.274. The van der Waals surface area contributed by atoms with Crippen molar-refractivity contribution >= 4 is 17.6 Å². The van der Waals surface area contributed by atoms with E-state index in [0.717, 1.165) is 0 Å². The van der Waals surface area contributed by atoms with Crippen molar-refractivity contribution in [3.63, 3.8) is 0 Å². The number of ether oxygens (including phenoxy) is 3. The number of halogens is 3. The number of nitrogens with zero attached hydrogens (tertiary/aromatic N) is 1. The highest BCUT2D eigenvalue weighted by molar-refractivity contribution is 6.01. The van der Waals surface area contributed by atoms with Gasteiger partial charge in [-0.1, -0.05) is 30.3 Å². The fraction of sp³-hybridized carbons (Fsp3) is 0.360.